The first-order chi connectivity index (χ1) is 18.0. The first-order valence-electron chi connectivity index (χ1n) is 10.3. The highest BCUT2D eigenvalue weighted by Gasteiger charge is 2.37. The van der Waals surface area contributed by atoms with Gasteiger partial charge in [-0.1, -0.05) is 0 Å². The Morgan fingerprint density at radius 2 is 1.23 bits per heavy atom. The molecule has 2 N–H and O–H groups in total. The number of aromatic carboxylic acids is 1. The number of carbonyl (C=O) groups is 3. The molecule has 3 rings (SSSR count). The van der Waals surface area contributed by atoms with Gasteiger partial charge in [0, 0.05) is 14.3 Å². The topological polar surface area (TPSA) is 144 Å². The lowest BCUT2D eigenvalue weighted by molar-refractivity contribution is -0.141. The Morgan fingerprint density at radius 1 is 0.769 bits per heavy atom. The van der Waals surface area contributed by atoms with E-state index in [2.05, 4.69) is 4.74 Å². The molecule has 1 fully saturated rings. The average molecular weight is 1020 g/mol. The minimum atomic E-state index is -5.67. The van der Waals surface area contributed by atoms with Gasteiger partial charge in [0.25, 0.3) is 0 Å². The highest BCUT2D eigenvalue weighted by Crippen LogP contribution is 2.36. The Labute approximate surface area is 272 Å². The van der Waals surface area contributed by atoms with Crippen molar-refractivity contribution >= 4 is 118 Å². The maximum atomic E-state index is 14.2. The predicted molar refractivity (Wildman–Crippen MR) is 157 cm³/mol. The SMILES string of the molecule is O=C(O)c1c(I)c(I)c(I)c(I)c1C(=O)OC1CCC(C(=O)Oc2c(F)c(F)c(S(=O)(=O)O)c(F)c2F)CC1. The van der Waals surface area contributed by atoms with Gasteiger partial charge in [-0.3, -0.25) is 9.35 Å². The second-order valence-corrected chi connectivity index (χ2v) is 13.7. The number of carboxylic acids is 1. The lowest BCUT2D eigenvalue weighted by Crippen LogP contribution is -2.31. The number of hydrogen-bond donors (Lipinski definition) is 2. The summed E-state index contributed by atoms with van der Waals surface area (Å²) < 4.78 is 99.3. The van der Waals surface area contributed by atoms with E-state index in [1.165, 1.54) is 0 Å². The lowest BCUT2D eigenvalue weighted by atomic mass is 9.87. The van der Waals surface area contributed by atoms with Crippen LogP contribution in [0, 0.1) is 43.5 Å². The minimum Gasteiger partial charge on any atom is -0.478 e. The van der Waals surface area contributed by atoms with Crippen LogP contribution in [0.15, 0.2) is 4.90 Å². The van der Waals surface area contributed by atoms with Crippen molar-refractivity contribution in [3.63, 3.8) is 0 Å². The van der Waals surface area contributed by atoms with Crippen LogP contribution in [0.4, 0.5) is 17.6 Å². The van der Waals surface area contributed by atoms with Crippen molar-refractivity contribution < 1.29 is 59.5 Å². The van der Waals surface area contributed by atoms with Crippen molar-refractivity contribution in [3.8, 4) is 5.75 Å². The van der Waals surface area contributed by atoms with Gasteiger partial charge in [0.1, 0.15) is 6.10 Å². The molecule has 1 aliphatic carbocycles. The highest BCUT2D eigenvalue weighted by atomic mass is 127. The normalized spacial score (nSPS) is 17.6. The smallest absolute Gasteiger partial charge is 0.340 e. The number of carboxylic acid groups (broad SMARTS) is 1. The minimum absolute atomic E-state index is 0.0290. The van der Waals surface area contributed by atoms with E-state index in [9.17, 15) is 45.5 Å². The van der Waals surface area contributed by atoms with Crippen molar-refractivity contribution in [2.75, 3.05) is 0 Å². The summed E-state index contributed by atoms with van der Waals surface area (Å²) in [6, 6.07) is 0. The fraction of sp³-hybridized carbons (Fsp3) is 0.286. The molecule has 0 bridgehead atoms. The number of hydrogen-bond acceptors (Lipinski definition) is 7. The summed E-state index contributed by atoms with van der Waals surface area (Å²) in [4.78, 5) is 35.0. The van der Waals surface area contributed by atoms with E-state index < -0.39 is 74.0 Å². The van der Waals surface area contributed by atoms with E-state index in [0.717, 1.165) is 0 Å². The Balaban J connectivity index is 1.74. The van der Waals surface area contributed by atoms with Crippen LogP contribution in [-0.2, 0) is 19.6 Å². The van der Waals surface area contributed by atoms with E-state index in [-0.39, 0.29) is 36.8 Å². The summed E-state index contributed by atoms with van der Waals surface area (Å²) in [6.07, 6.45) is -0.667. The van der Waals surface area contributed by atoms with Gasteiger partial charge in [-0.05, 0) is 116 Å². The van der Waals surface area contributed by atoms with Gasteiger partial charge in [-0.15, -0.1) is 0 Å². The fourth-order valence-electron chi connectivity index (χ4n) is 3.74. The first kappa shape index (κ1) is 32.9. The van der Waals surface area contributed by atoms with E-state index in [4.69, 9.17) is 9.29 Å². The van der Waals surface area contributed by atoms with Gasteiger partial charge in [-0.25, -0.2) is 18.4 Å². The Morgan fingerprint density at radius 3 is 1.67 bits per heavy atom. The van der Waals surface area contributed by atoms with Gasteiger partial charge < -0.3 is 14.6 Å². The average Bonchev–Trinajstić information content (AvgIpc) is 2.85. The molecular weight excluding hydrogens is 1010 g/mol. The number of rotatable bonds is 6. The zero-order chi connectivity index (χ0) is 29.6. The number of benzene rings is 2. The number of ether oxygens (including phenoxy) is 2. The maximum Gasteiger partial charge on any atom is 0.340 e. The van der Waals surface area contributed by atoms with Crippen LogP contribution in [0.5, 0.6) is 5.75 Å². The molecule has 0 aliphatic heterocycles. The molecule has 9 nitrogen and oxygen atoms in total. The standard InChI is InChI=1S/C21H12F4I4O9S/c22-9-11(24)18(39(34,35)36)12(25)10(23)17(9)38-20(32)5-1-3-6(4-2-5)37-21(33)8-7(19(30)31)13(26)15(28)16(29)14(8)27/h5-6H,1-4H2,(H,30,31)(H,34,35,36). The quantitative estimate of drug-likeness (QED) is 0.0686. The van der Waals surface area contributed by atoms with E-state index >= 15 is 0 Å². The van der Waals surface area contributed by atoms with Crippen LogP contribution in [0.3, 0.4) is 0 Å². The Kier molecular flexibility index (Phi) is 10.7. The van der Waals surface area contributed by atoms with Crippen molar-refractivity contribution in [1.82, 2.24) is 0 Å². The summed E-state index contributed by atoms with van der Waals surface area (Å²) >= 11 is 7.63. The molecule has 0 radical (unpaired) electrons. The molecule has 1 aliphatic rings. The molecule has 39 heavy (non-hydrogen) atoms. The number of halogens is 8. The van der Waals surface area contributed by atoms with E-state index in [1.807, 2.05) is 90.4 Å². The molecule has 2 aromatic rings. The molecule has 0 spiro atoms. The molecule has 0 atom stereocenters. The predicted octanol–water partition coefficient (Wildman–Crippen LogP) is 5.93. The molecule has 0 amide bonds. The van der Waals surface area contributed by atoms with Gasteiger partial charge in [-0.2, -0.15) is 17.2 Å². The van der Waals surface area contributed by atoms with Gasteiger partial charge >= 0.3 is 28.0 Å². The Bertz CT molecular complexity index is 1480. The number of carbonyl (C=O) groups excluding carboxylic acids is 2. The summed E-state index contributed by atoms with van der Waals surface area (Å²) in [7, 11) is -5.67. The van der Waals surface area contributed by atoms with Crippen molar-refractivity contribution in [3.05, 3.63) is 48.7 Å². The summed E-state index contributed by atoms with van der Waals surface area (Å²) in [6.45, 7) is 0. The molecule has 0 heterocycles. The van der Waals surface area contributed by atoms with Gasteiger partial charge in [0.2, 0.25) is 17.4 Å². The van der Waals surface area contributed by atoms with E-state index in [1.54, 1.807) is 0 Å². The molecule has 2 aromatic carbocycles. The van der Waals surface area contributed by atoms with Crippen LogP contribution in [0.2, 0.25) is 0 Å². The molecule has 0 unspecified atom stereocenters. The van der Waals surface area contributed by atoms with Crippen molar-refractivity contribution in [2.24, 2.45) is 5.92 Å². The van der Waals surface area contributed by atoms with Crippen molar-refractivity contribution in [2.45, 2.75) is 36.7 Å². The van der Waals surface area contributed by atoms with Crippen LogP contribution < -0.4 is 4.74 Å². The zero-order valence-electron chi connectivity index (χ0n) is 18.7. The Hall–Kier alpha value is -0.600. The first-order valence-corrected chi connectivity index (χ1v) is 16.1. The largest absolute Gasteiger partial charge is 0.478 e. The van der Waals surface area contributed by atoms with Crippen LogP contribution in [0.1, 0.15) is 46.4 Å². The van der Waals surface area contributed by atoms with Crippen LogP contribution in [-0.4, -0.2) is 42.1 Å². The molecule has 1 saturated carbocycles. The molecule has 212 valence electrons. The fourth-order valence-corrected chi connectivity index (χ4v) is 8.01. The number of esters is 2. The third kappa shape index (κ3) is 6.74. The van der Waals surface area contributed by atoms with Crippen molar-refractivity contribution in [1.29, 1.82) is 0 Å². The molecule has 0 aromatic heterocycles. The van der Waals surface area contributed by atoms with Crippen LogP contribution >= 0.6 is 90.4 Å². The zero-order valence-corrected chi connectivity index (χ0v) is 28.1. The lowest BCUT2D eigenvalue weighted by Gasteiger charge is -2.27. The van der Waals surface area contributed by atoms with Crippen LogP contribution in [0.25, 0.3) is 0 Å². The monoisotopic (exact) mass is 1020 g/mol. The second-order valence-electron chi connectivity index (χ2n) is 8.00. The molecule has 0 saturated heterocycles. The second kappa shape index (κ2) is 12.7. The third-order valence-corrected chi connectivity index (χ3v) is 13.9. The van der Waals surface area contributed by atoms with Gasteiger partial charge in [0.15, 0.2) is 16.5 Å². The van der Waals surface area contributed by atoms with E-state index in [0.29, 0.717) is 14.3 Å². The summed E-state index contributed by atoms with van der Waals surface area (Å²) in [5.74, 6) is -15.9. The molecular formula is C21H12F4I4O9S. The third-order valence-electron chi connectivity index (χ3n) is 5.61. The summed E-state index contributed by atoms with van der Waals surface area (Å²) in [5, 5.41) is 9.67. The highest BCUT2D eigenvalue weighted by molar-refractivity contribution is 14.1. The molecule has 18 heteroatoms. The maximum absolute atomic E-state index is 14.2. The summed E-state index contributed by atoms with van der Waals surface area (Å²) in [5.41, 5.74) is -0.335. The van der Waals surface area contributed by atoms with Gasteiger partial charge in [0.05, 0.1) is 17.0 Å².